The minimum absolute atomic E-state index is 0.681. The molecule has 0 spiro atoms. The lowest BCUT2D eigenvalue weighted by molar-refractivity contribution is 0.291. The third-order valence-electron chi connectivity index (χ3n) is 5.20. The summed E-state index contributed by atoms with van der Waals surface area (Å²) in [6, 6.07) is 7.70. The highest BCUT2D eigenvalue weighted by atomic mass is 16.5. The van der Waals surface area contributed by atoms with Crippen LogP contribution < -0.4 is 4.74 Å². The smallest absolute Gasteiger partial charge is 0.233 e. The highest BCUT2D eigenvalue weighted by molar-refractivity contribution is 5.22. The molecule has 0 atom stereocenters. The first kappa shape index (κ1) is 22.4. The predicted octanol–water partition coefficient (Wildman–Crippen LogP) is 7.13. The van der Waals surface area contributed by atoms with Gasteiger partial charge in [-0.1, -0.05) is 96.5 Å². The number of nitrogens with zero attached hydrogens (tertiary/aromatic N) is 3. The molecule has 0 aliphatic rings. The molecule has 0 radical (unpaired) electrons. The van der Waals surface area contributed by atoms with E-state index in [1.165, 1.54) is 83.5 Å². The second kappa shape index (κ2) is 15.1. The Morgan fingerprint density at radius 3 is 1.93 bits per heavy atom. The normalized spacial score (nSPS) is 11.0. The molecule has 0 aliphatic carbocycles. The summed E-state index contributed by atoms with van der Waals surface area (Å²) in [6.07, 6.45) is 22.9. The summed E-state index contributed by atoms with van der Waals surface area (Å²) in [5.41, 5.74) is 0. The first-order valence-electron chi connectivity index (χ1n) is 11.5. The van der Waals surface area contributed by atoms with E-state index in [0.717, 1.165) is 18.8 Å². The number of unbranched alkanes of at least 4 members (excludes halogenated alkanes) is 13. The van der Waals surface area contributed by atoms with Crippen molar-refractivity contribution < 1.29 is 4.74 Å². The van der Waals surface area contributed by atoms with Gasteiger partial charge in [-0.15, -0.1) is 5.10 Å². The molecule has 2 rings (SSSR count). The summed E-state index contributed by atoms with van der Waals surface area (Å²) >= 11 is 0. The molecule has 0 amide bonds. The standard InChI is InChI=1S/C24H39N3O/c1-2-3-4-5-6-7-8-9-10-11-12-13-14-17-22-28-24-19-21-27(26-24)23-18-15-16-20-25-23/h15-16,18-21H,2-14,17,22H2,1H3. The van der Waals surface area contributed by atoms with Gasteiger partial charge in [0.15, 0.2) is 5.82 Å². The fourth-order valence-electron chi connectivity index (χ4n) is 3.47. The molecule has 2 aromatic heterocycles. The van der Waals surface area contributed by atoms with Gasteiger partial charge in [-0.25, -0.2) is 9.67 Å². The third kappa shape index (κ3) is 9.91. The second-order valence-corrected chi connectivity index (χ2v) is 7.73. The lowest BCUT2D eigenvalue weighted by Gasteiger charge is -2.04. The van der Waals surface area contributed by atoms with Gasteiger partial charge in [-0.05, 0) is 18.6 Å². The molecule has 0 saturated carbocycles. The van der Waals surface area contributed by atoms with E-state index in [2.05, 4.69) is 17.0 Å². The van der Waals surface area contributed by atoms with Gasteiger partial charge in [0.05, 0.1) is 6.61 Å². The van der Waals surface area contributed by atoms with Crippen LogP contribution in [0.5, 0.6) is 5.88 Å². The topological polar surface area (TPSA) is 39.9 Å². The van der Waals surface area contributed by atoms with Crippen LogP contribution in [-0.4, -0.2) is 21.4 Å². The van der Waals surface area contributed by atoms with Crippen LogP contribution in [0, 0.1) is 0 Å². The molecule has 0 aromatic carbocycles. The van der Waals surface area contributed by atoms with E-state index in [4.69, 9.17) is 4.74 Å². The van der Waals surface area contributed by atoms with Gasteiger partial charge in [0.1, 0.15) is 0 Å². The van der Waals surface area contributed by atoms with Gasteiger partial charge in [-0.3, -0.25) is 0 Å². The Hall–Kier alpha value is -1.84. The van der Waals surface area contributed by atoms with Crippen molar-refractivity contribution in [2.24, 2.45) is 0 Å². The van der Waals surface area contributed by atoms with Crippen molar-refractivity contribution in [1.82, 2.24) is 14.8 Å². The first-order chi connectivity index (χ1) is 13.9. The molecule has 156 valence electrons. The molecule has 0 saturated heterocycles. The van der Waals surface area contributed by atoms with E-state index in [9.17, 15) is 0 Å². The Labute approximate surface area is 171 Å². The molecular weight excluding hydrogens is 346 g/mol. The van der Waals surface area contributed by atoms with Crippen molar-refractivity contribution in [2.45, 2.75) is 96.8 Å². The van der Waals surface area contributed by atoms with E-state index in [1.807, 2.05) is 30.5 Å². The average molecular weight is 386 g/mol. The Balaban J connectivity index is 1.37. The van der Waals surface area contributed by atoms with Crippen molar-refractivity contribution in [2.75, 3.05) is 6.61 Å². The Kier molecular flexibility index (Phi) is 12.1. The van der Waals surface area contributed by atoms with Gasteiger partial charge in [0.2, 0.25) is 5.88 Å². The van der Waals surface area contributed by atoms with E-state index >= 15 is 0 Å². The average Bonchev–Trinajstić information content (AvgIpc) is 3.20. The van der Waals surface area contributed by atoms with Gasteiger partial charge in [0.25, 0.3) is 0 Å². The Bertz CT molecular complexity index is 597. The Morgan fingerprint density at radius 2 is 1.36 bits per heavy atom. The van der Waals surface area contributed by atoms with Gasteiger partial charge in [-0.2, -0.15) is 0 Å². The summed E-state index contributed by atoms with van der Waals surface area (Å²) in [6.45, 7) is 3.03. The van der Waals surface area contributed by atoms with Crippen LogP contribution in [0.3, 0.4) is 0 Å². The van der Waals surface area contributed by atoms with E-state index < -0.39 is 0 Å². The molecule has 0 unspecified atom stereocenters. The lowest BCUT2D eigenvalue weighted by Crippen LogP contribution is -2.00. The highest BCUT2D eigenvalue weighted by Gasteiger charge is 2.02. The summed E-state index contributed by atoms with van der Waals surface area (Å²) in [4.78, 5) is 4.28. The monoisotopic (exact) mass is 385 g/mol. The number of hydrogen-bond donors (Lipinski definition) is 0. The molecule has 2 heterocycles. The highest BCUT2D eigenvalue weighted by Crippen LogP contribution is 2.14. The number of ether oxygens (including phenoxy) is 1. The van der Waals surface area contributed by atoms with E-state index in [-0.39, 0.29) is 0 Å². The number of aromatic nitrogens is 3. The predicted molar refractivity (Wildman–Crippen MR) is 117 cm³/mol. The second-order valence-electron chi connectivity index (χ2n) is 7.73. The van der Waals surface area contributed by atoms with Crippen molar-refractivity contribution in [3.05, 3.63) is 36.7 Å². The fraction of sp³-hybridized carbons (Fsp3) is 0.667. The van der Waals surface area contributed by atoms with Gasteiger partial charge >= 0.3 is 0 Å². The van der Waals surface area contributed by atoms with Crippen LogP contribution in [0.15, 0.2) is 36.7 Å². The molecule has 0 fully saturated rings. The lowest BCUT2D eigenvalue weighted by atomic mass is 10.0. The molecule has 0 bridgehead atoms. The zero-order chi connectivity index (χ0) is 19.7. The van der Waals surface area contributed by atoms with Crippen LogP contribution in [0.25, 0.3) is 5.82 Å². The van der Waals surface area contributed by atoms with Crippen LogP contribution >= 0.6 is 0 Å². The van der Waals surface area contributed by atoms with Crippen LogP contribution in [0.2, 0.25) is 0 Å². The Morgan fingerprint density at radius 1 is 0.750 bits per heavy atom. The number of hydrogen-bond acceptors (Lipinski definition) is 3. The third-order valence-corrected chi connectivity index (χ3v) is 5.20. The molecular formula is C24H39N3O. The molecule has 0 aliphatic heterocycles. The SMILES string of the molecule is CCCCCCCCCCCCCCCCOc1ccn(-c2ccccn2)n1. The van der Waals surface area contributed by atoms with E-state index in [0.29, 0.717) is 5.88 Å². The minimum Gasteiger partial charge on any atom is -0.477 e. The largest absolute Gasteiger partial charge is 0.477 e. The summed E-state index contributed by atoms with van der Waals surface area (Å²) < 4.78 is 7.51. The maximum atomic E-state index is 5.76. The summed E-state index contributed by atoms with van der Waals surface area (Å²) in [5.74, 6) is 1.49. The van der Waals surface area contributed by atoms with Gasteiger partial charge < -0.3 is 4.74 Å². The zero-order valence-corrected chi connectivity index (χ0v) is 17.8. The molecule has 4 nitrogen and oxygen atoms in total. The maximum Gasteiger partial charge on any atom is 0.233 e. The molecule has 0 N–H and O–H groups in total. The zero-order valence-electron chi connectivity index (χ0n) is 17.8. The van der Waals surface area contributed by atoms with Crippen molar-refractivity contribution in [1.29, 1.82) is 0 Å². The molecule has 2 aromatic rings. The first-order valence-corrected chi connectivity index (χ1v) is 11.5. The minimum atomic E-state index is 0.681. The summed E-state index contributed by atoms with van der Waals surface area (Å²) in [7, 11) is 0. The van der Waals surface area contributed by atoms with Crippen LogP contribution in [-0.2, 0) is 0 Å². The van der Waals surface area contributed by atoms with E-state index in [1.54, 1.807) is 10.9 Å². The quantitative estimate of drug-likeness (QED) is 0.272. The molecule has 4 heteroatoms. The number of rotatable bonds is 17. The van der Waals surface area contributed by atoms with Crippen LogP contribution in [0.4, 0.5) is 0 Å². The van der Waals surface area contributed by atoms with Gasteiger partial charge in [0, 0.05) is 18.5 Å². The van der Waals surface area contributed by atoms with Crippen molar-refractivity contribution in [3.63, 3.8) is 0 Å². The maximum absolute atomic E-state index is 5.76. The fourth-order valence-corrected chi connectivity index (χ4v) is 3.47. The van der Waals surface area contributed by atoms with Crippen LogP contribution in [0.1, 0.15) is 96.8 Å². The van der Waals surface area contributed by atoms with Crippen molar-refractivity contribution >= 4 is 0 Å². The summed E-state index contributed by atoms with van der Waals surface area (Å²) in [5, 5.41) is 4.42. The van der Waals surface area contributed by atoms with Crippen molar-refractivity contribution in [3.8, 4) is 11.7 Å². The number of pyridine rings is 1. The molecule has 28 heavy (non-hydrogen) atoms.